The van der Waals surface area contributed by atoms with Crippen molar-refractivity contribution in [2.24, 2.45) is 0 Å². The quantitative estimate of drug-likeness (QED) is 0.501. The molecule has 0 saturated carbocycles. The Hall–Kier alpha value is -1.23. The van der Waals surface area contributed by atoms with Crippen molar-refractivity contribution in [3.05, 3.63) is 24.0 Å². The van der Waals surface area contributed by atoms with Gasteiger partial charge in [0.1, 0.15) is 11.1 Å². The van der Waals surface area contributed by atoms with Crippen molar-refractivity contribution >= 4 is 23.4 Å². The second-order valence-corrected chi connectivity index (χ2v) is 4.58. The van der Waals surface area contributed by atoms with Gasteiger partial charge < -0.3 is 10.5 Å². The fraction of sp³-hybridized carbons (Fsp3) is 0.364. The van der Waals surface area contributed by atoms with Gasteiger partial charge in [-0.25, -0.2) is 4.39 Å². The Morgan fingerprint density at radius 1 is 1.62 bits per heavy atom. The molecule has 1 unspecified atom stereocenters. The predicted molar refractivity (Wildman–Crippen MR) is 62.8 cm³/mol. The molecule has 5 heteroatoms. The molecule has 0 saturated heterocycles. The number of anilines is 1. The molecule has 16 heavy (non-hydrogen) atoms. The molecule has 0 fully saturated rings. The summed E-state index contributed by atoms with van der Waals surface area (Å²) < 4.78 is 17.8. The van der Waals surface area contributed by atoms with Crippen molar-refractivity contribution in [3.63, 3.8) is 0 Å². The lowest BCUT2D eigenvalue weighted by molar-refractivity contribution is -0.142. The van der Waals surface area contributed by atoms with Crippen LogP contribution in [-0.4, -0.2) is 17.8 Å². The van der Waals surface area contributed by atoms with E-state index >= 15 is 0 Å². The van der Waals surface area contributed by atoms with Gasteiger partial charge in [0.25, 0.3) is 0 Å². The minimum atomic E-state index is -0.399. The molecular formula is C11H14FNO2S. The summed E-state index contributed by atoms with van der Waals surface area (Å²) in [6, 6.07) is 4.08. The maximum atomic E-state index is 13.0. The van der Waals surface area contributed by atoms with E-state index in [1.54, 1.807) is 13.8 Å². The van der Waals surface area contributed by atoms with Gasteiger partial charge in [-0.1, -0.05) is 0 Å². The maximum Gasteiger partial charge on any atom is 0.319 e. The van der Waals surface area contributed by atoms with Crippen molar-refractivity contribution in [3.8, 4) is 0 Å². The summed E-state index contributed by atoms with van der Waals surface area (Å²) in [6.45, 7) is 3.78. The van der Waals surface area contributed by atoms with Gasteiger partial charge in [0.15, 0.2) is 0 Å². The predicted octanol–water partition coefficient (Wildman–Crippen LogP) is 2.45. The van der Waals surface area contributed by atoms with Gasteiger partial charge in [0.05, 0.1) is 6.61 Å². The first-order chi connectivity index (χ1) is 7.54. The second-order valence-electron chi connectivity index (χ2n) is 3.19. The van der Waals surface area contributed by atoms with Gasteiger partial charge in [-0.15, -0.1) is 11.8 Å². The highest BCUT2D eigenvalue weighted by Crippen LogP contribution is 2.29. The summed E-state index contributed by atoms with van der Waals surface area (Å²) in [5.41, 5.74) is 6.13. The third-order valence-corrected chi connectivity index (χ3v) is 3.05. The highest BCUT2D eigenvalue weighted by atomic mass is 32.2. The van der Waals surface area contributed by atoms with Crippen molar-refractivity contribution in [1.29, 1.82) is 0 Å². The van der Waals surface area contributed by atoms with Crippen LogP contribution >= 0.6 is 11.8 Å². The zero-order valence-corrected chi connectivity index (χ0v) is 10.0. The molecule has 1 atom stereocenters. The van der Waals surface area contributed by atoms with Crippen molar-refractivity contribution in [2.45, 2.75) is 24.0 Å². The highest BCUT2D eigenvalue weighted by Gasteiger charge is 2.16. The first-order valence-electron chi connectivity index (χ1n) is 4.93. The first kappa shape index (κ1) is 12.8. The molecule has 0 aromatic heterocycles. The van der Waals surface area contributed by atoms with Crippen LogP contribution < -0.4 is 5.73 Å². The fourth-order valence-corrected chi connectivity index (χ4v) is 2.04. The fourth-order valence-electron chi connectivity index (χ4n) is 1.11. The van der Waals surface area contributed by atoms with Gasteiger partial charge in [-0.05, 0) is 32.0 Å². The zero-order chi connectivity index (χ0) is 12.1. The van der Waals surface area contributed by atoms with Gasteiger partial charge >= 0.3 is 5.97 Å². The summed E-state index contributed by atoms with van der Waals surface area (Å²) in [5, 5.41) is -0.399. The number of hydrogen-bond acceptors (Lipinski definition) is 4. The molecule has 2 N–H and O–H groups in total. The molecule has 88 valence electrons. The van der Waals surface area contributed by atoms with Crippen LogP contribution in [0.2, 0.25) is 0 Å². The Bertz CT molecular complexity index is 384. The minimum absolute atomic E-state index is 0.323. The Morgan fingerprint density at radius 2 is 2.31 bits per heavy atom. The Kier molecular flexibility index (Phi) is 4.61. The third-order valence-electron chi connectivity index (χ3n) is 1.90. The summed E-state index contributed by atoms with van der Waals surface area (Å²) >= 11 is 1.19. The summed E-state index contributed by atoms with van der Waals surface area (Å²) in [6.07, 6.45) is 0. The number of esters is 1. The van der Waals surface area contributed by atoms with Crippen LogP contribution in [0.4, 0.5) is 10.1 Å². The molecule has 0 aliphatic heterocycles. The number of halogens is 1. The molecule has 0 heterocycles. The monoisotopic (exact) mass is 243 g/mol. The van der Waals surface area contributed by atoms with Crippen molar-refractivity contribution < 1.29 is 13.9 Å². The molecule has 1 aromatic rings. The minimum Gasteiger partial charge on any atom is -0.465 e. The largest absolute Gasteiger partial charge is 0.465 e. The lowest BCUT2D eigenvalue weighted by Crippen LogP contribution is -2.16. The van der Waals surface area contributed by atoms with Crippen LogP contribution in [0.25, 0.3) is 0 Å². The van der Waals surface area contributed by atoms with Crippen LogP contribution in [0, 0.1) is 5.82 Å². The number of nitrogens with two attached hydrogens (primary N) is 1. The first-order valence-corrected chi connectivity index (χ1v) is 5.81. The summed E-state index contributed by atoms with van der Waals surface area (Å²) in [5.74, 6) is -0.691. The van der Waals surface area contributed by atoms with Gasteiger partial charge in [-0.2, -0.15) is 0 Å². The van der Waals surface area contributed by atoms with Gasteiger partial charge in [0.2, 0.25) is 0 Å². The van der Waals surface area contributed by atoms with E-state index in [0.29, 0.717) is 17.2 Å². The molecule has 0 bridgehead atoms. The number of nitrogen functional groups attached to an aromatic ring is 1. The molecule has 0 spiro atoms. The Labute approximate surface area is 98.2 Å². The van der Waals surface area contributed by atoms with Gasteiger partial charge in [0, 0.05) is 10.6 Å². The highest BCUT2D eigenvalue weighted by molar-refractivity contribution is 8.00. The number of benzene rings is 1. The maximum absolute atomic E-state index is 13.0. The zero-order valence-electron chi connectivity index (χ0n) is 9.20. The molecule has 1 aromatic carbocycles. The normalized spacial score (nSPS) is 12.2. The van der Waals surface area contributed by atoms with E-state index < -0.39 is 5.25 Å². The third kappa shape index (κ3) is 3.41. The van der Waals surface area contributed by atoms with Gasteiger partial charge in [-0.3, -0.25) is 4.79 Å². The van der Waals surface area contributed by atoms with E-state index in [1.807, 2.05) is 0 Å². The van der Waals surface area contributed by atoms with E-state index in [4.69, 9.17) is 10.5 Å². The molecule has 0 aliphatic rings. The molecule has 3 nitrogen and oxygen atoms in total. The van der Waals surface area contributed by atoms with Crippen molar-refractivity contribution in [2.75, 3.05) is 12.3 Å². The lowest BCUT2D eigenvalue weighted by Gasteiger charge is -2.11. The van der Waals surface area contributed by atoms with E-state index in [0.717, 1.165) is 0 Å². The van der Waals surface area contributed by atoms with Crippen LogP contribution in [0.5, 0.6) is 0 Å². The SMILES string of the molecule is CCOC(=O)C(C)Sc1cc(F)ccc1N. The standard InChI is InChI=1S/C11H14FNO2S/c1-3-15-11(14)7(2)16-10-6-8(12)4-5-9(10)13/h4-7H,3,13H2,1-2H3. The second kappa shape index (κ2) is 5.75. The number of hydrogen-bond donors (Lipinski definition) is 1. The number of carbonyl (C=O) groups is 1. The summed E-state index contributed by atoms with van der Waals surface area (Å²) in [4.78, 5) is 11.9. The lowest BCUT2D eigenvalue weighted by atomic mass is 10.3. The van der Waals surface area contributed by atoms with E-state index in [-0.39, 0.29) is 11.8 Å². The van der Waals surface area contributed by atoms with E-state index in [2.05, 4.69) is 0 Å². The average Bonchev–Trinajstić information content (AvgIpc) is 2.23. The Morgan fingerprint density at radius 3 is 2.94 bits per heavy atom. The summed E-state index contributed by atoms with van der Waals surface area (Å²) in [7, 11) is 0. The number of carbonyl (C=O) groups excluding carboxylic acids is 1. The number of ether oxygens (including phenoxy) is 1. The average molecular weight is 243 g/mol. The smallest absolute Gasteiger partial charge is 0.319 e. The van der Waals surface area contributed by atoms with Crippen LogP contribution in [0.1, 0.15) is 13.8 Å². The van der Waals surface area contributed by atoms with Crippen LogP contribution in [-0.2, 0) is 9.53 Å². The van der Waals surface area contributed by atoms with Crippen molar-refractivity contribution in [1.82, 2.24) is 0 Å². The number of thioether (sulfide) groups is 1. The Balaban J connectivity index is 2.72. The number of rotatable bonds is 4. The topological polar surface area (TPSA) is 52.3 Å². The molecule has 0 aliphatic carbocycles. The molecular weight excluding hydrogens is 229 g/mol. The molecule has 0 amide bonds. The van der Waals surface area contributed by atoms with Crippen LogP contribution in [0.3, 0.4) is 0 Å². The van der Waals surface area contributed by atoms with E-state index in [1.165, 1.54) is 30.0 Å². The molecule has 0 radical (unpaired) electrons. The van der Waals surface area contributed by atoms with E-state index in [9.17, 15) is 9.18 Å². The van der Waals surface area contributed by atoms with Crippen LogP contribution in [0.15, 0.2) is 23.1 Å². The molecule has 1 rings (SSSR count).